The van der Waals surface area contributed by atoms with Gasteiger partial charge in [0, 0.05) is 32.1 Å². The van der Waals surface area contributed by atoms with Crippen LogP contribution in [0.2, 0.25) is 0 Å². The van der Waals surface area contributed by atoms with Crippen molar-refractivity contribution in [3.8, 4) is 0 Å². The van der Waals surface area contributed by atoms with Gasteiger partial charge in [-0.2, -0.15) is 22.5 Å². The molecule has 9 heteroatoms. The fourth-order valence-corrected chi connectivity index (χ4v) is 1.53. The topological polar surface area (TPSA) is 104 Å². The number of carbonyl (C=O) groups excluding carboxylic acids is 1. The number of hydrazone groups is 1. The minimum Gasteiger partial charge on any atom is -0.272 e. The van der Waals surface area contributed by atoms with Crippen molar-refractivity contribution >= 4 is 22.3 Å². The summed E-state index contributed by atoms with van der Waals surface area (Å²) in [4.78, 5) is 15.2. The van der Waals surface area contributed by atoms with Gasteiger partial charge in [-0.15, -0.1) is 0 Å². The maximum absolute atomic E-state index is 11.3. The van der Waals surface area contributed by atoms with Crippen LogP contribution in [0, 0.1) is 0 Å². The van der Waals surface area contributed by atoms with E-state index >= 15 is 0 Å². The molecule has 1 heterocycles. The summed E-state index contributed by atoms with van der Waals surface area (Å²) >= 11 is 0. The second kappa shape index (κ2) is 6.92. The summed E-state index contributed by atoms with van der Waals surface area (Å²) in [6, 6.07) is 3.49. The highest BCUT2D eigenvalue weighted by atomic mass is 32.2. The van der Waals surface area contributed by atoms with E-state index in [1.54, 1.807) is 24.5 Å². The van der Waals surface area contributed by atoms with Gasteiger partial charge >= 0.3 is 0 Å². The second-order valence-electron chi connectivity index (χ2n) is 3.69. The molecule has 1 aromatic rings. The normalized spacial score (nSPS) is 11.9. The van der Waals surface area contributed by atoms with Crippen LogP contribution in [-0.4, -0.2) is 50.5 Å². The van der Waals surface area contributed by atoms with Crippen LogP contribution in [0.5, 0.6) is 0 Å². The van der Waals surface area contributed by atoms with Gasteiger partial charge < -0.3 is 0 Å². The zero-order chi connectivity index (χ0) is 14.3. The Labute approximate surface area is 111 Å². The Morgan fingerprint density at radius 1 is 1.53 bits per heavy atom. The number of aromatic nitrogens is 1. The largest absolute Gasteiger partial charge is 0.279 e. The molecule has 0 radical (unpaired) electrons. The molecule has 0 atom stereocenters. The Kier molecular flexibility index (Phi) is 5.55. The van der Waals surface area contributed by atoms with Crippen LogP contribution in [0.4, 0.5) is 0 Å². The molecule has 0 aromatic carbocycles. The predicted octanol–water partition coefficient (Wildman–Crippen LogP) is -1.07. The molecule has 104 valence electrons. The molecule has 8 nitrogen and oxygen atoms in total. The average molecular weight is 285 g/mol. The Morgan fingerprint density at radius 3 is 2.84 bits per heavy atom. The molecule has 1 rings (SSSR count). The highest BCUT2D eigenvalue weighted by Crippen LogP contribution is 1.89. The average Bonchev–Trinajstić information content (AvgIpc) is 2.37. The van der Waals surface area contributed by atoms with Crippen LogP contribution in [0.1, 0.15) is 5.56 Å². The monoisotopic (exact) mass is 285 g/mol. The van der Waals surface area contributed by atoms with Gasteiger partial charge in [0.25, 0.3) is 16.1 Å². The van der Waals surface area contributed by atoms with Crippen molar-refractivity contribution in [3.63, 3.8) is 0 Å². The van der Waals surface area contributed by atoms with E-state index in [0.717, 1.165) is 9.87 Å². The third kappa shape index (κ3) is 5.55. The highest BCUT2D eigenvalue weighted by molar-refractivity contribution is 7.87. The Morgan fingerprint density at radius 2 is 2.26 bits per heavy atom. The first-order valence-corrected chi connectivity index (χ1v) is 6.75. The van der Waals surface area contributed by atoms with Gasteiger partial charge in [-0.05, 0) is 6.07 Å². The zero-order valence-electron chi connectivity index (χ0n) is 10.6. The maximum atomic E-state index is 11.3. The summed E-state index contributed by atoms with van der Waals surface area (Å²) in [5.74, 6) is -0.564. The summed E-state index contributed by atoms with van der Waals surface area (Å²) in [6.07, 6.45) is 4.60. The molecule has 0 aliphatic rings. The van der Waals surface area contributed by atoms with E-state index in [-0.39, 0.29) is 6.54 Å². The lowest BCUT2D eigenvalue weighted by Gasteiger charge is -2.11. The summed E-state index contributed by atoms with van der Waals surface area (Å²) in [5, 5.41) is 3.67. The van der Waals surface area contributed by atoms with Crippen molar-refractivity contribution in [1.82, 2.24) is 19.4 Å². The maximum Gasteiger partial charge on any atom is 0.279 e. The van der Waals surface area contributed by atoms with Crippen molar-refractivity contribution in [1.29, 1.82) is 0 Å². The molecule has 0 bridgehead atoms. The smallest absolute Gasteiger partial charge is 0.272 e. The number of rotatable bonds is 6. The van der Waals surface area contributed by atoms with Gasteiger partial charge in [0.05, 0.1) is 12.8 Å². The summed E-state index contributed by atoms with van der Waals surface area (Å²) in [5.41, 5.74) is 2.92. The molecule has 0 saturated carbocycles. The molecule has 0 fully saturated rings. The minimum absolute atomic E-state index is 0.384. The van der Waals surface area contributed by atoms with Gasteiger partial charge in [0.1, 0.15) is 0 Å². The van der Waals surface area contributed by atoms with Crippen LogP contribution < -0.4 is 10.1 Å². The molecule has 0 unspecified atom stereocenters. The van der Waals surface area contributed by atoms with E-state index in [9.17, 15) is 13.2 Å². The molecule has 19 heavy (non-hydrogen) atoms. The van der Waals surface area contributed by atoms with Gasteiger partial charge in [-0.25, -0.2) is 5.43 Å². The standard InChI is InChI=1S/C10H15N5O3S/c1-15(2)19(17,18)13-8-10(16)14-12-7-9-4-3-5-11-6-9/h3-7,13H,8H2,1-2H3,(H,14,16). The van der Waals surface area contributed by atoms with Crippen LogP contribution in [0.25, 0.3) is 0 Å². The molecule has 1 amide bonds. The van der Waals surface area contributed by atoms with Gasteiger partial charge in [0.2, 0.25) is 0 Å². The molecular weight excluding hydrogens is 270 g/mol. The van der Waals surface area contributed by atoms with Crippen LogP contribution in [0.3, 0.4) is 0 Å². The van der Waals surface area contributed by atoms with E-state index in [1.807, 2.05) is 0 Å². The molecular formula is C10H15N5O3S. The molecule has 2 N–H and O–H groups in total. The van der Waals surface area contributed by atoms with Gasteiger partial charge in [-0.1, -0.05) is 6.07 Å². The number of hydrogen-bond donors (Lipinski definition) is 2. The number of pyridine rings is 1. The molecule has 0 aliphatic carbocycles. The van der Waals surface area contributed by atoms with Gasteiger partial charge in [-0.3, -0.25) is 9.78 Å². The first-order chi connectivity index (χ1) is 8.92. The van der Waals surface area contributed by atoms with Crippen molar-refractivity contribution in [2.75, 3.05) is 20.6 Å². The lowest BCUT2D eigenvalue weighted by atomic mass is 10.3. The number of hydrogen-bond acceptors (Lipinski definition) is 5. The van der Waals surface area contributed by atoms with Crippen LogP contribution in [0.15, 0.2) is 29.6 Å². The van der Waals surface area contributed by atoms with E-state index in [0.29, 0.717) is 0 Å². The minimum atomic E-state index is -3.61. The Bertz CT molecular complexity index is 542. The van der Waals surface area contributed by atoms with Crippen LogP contribution in [-0.2, 0) is 15.0 Å². The van der Waals surface area contributed by atoms with Crippen LogP contribution >= 0.6 is 0 Å². The number of amides is 1. The lowest BCUT2D eigenvalue weighted by molar-refractivity contribution is -0.119. The van der Waals surface area contributed by atoms with E-state index in [4.69, 9.17) is 0 Å². The first-order valence-electron chi connectivity index (χ1n) is 5.31. The summed E-state index contributed by atoms with van der Waals surface area (Å²) in [6.45, 7) is -0.384. The highest BCUT2D eigenvalue weighted by Gasteiger charge is 2.13. The third-order valence-electron chi connectivity index (χ3n) is 1.98. The fourth-order valence-electron chi connectivity index (χ4n) is 0.957. The van der Waals surface area contributed by atoms with E-state index < -0.39 is 16.1 Å². The molecule has 0 saturated heterocycles. The molecule has 0 spiro atoms. The second-order valence-corrected chi connectivity index (χ2v) is 5.66. The SMILES string of the molecule is CN(C)S(=O)(=O)NCC(=O)NN=Cc1cccnc1. The number of carbonyl (C=O) groups is 1. The van der Waals surface area contributed by atoms with E-state index in [1.165, 1.54) is 20.3 Å². The summed E-state index contributed by atoms with van der Waals surface area (Å²) < 4.78 is 25.7. The predicted molar refractivity (Wildman–Crippen MR) is 70.6 cm³/mol. The van der Waals surface area contributed by atoms with Crippen molar-refractivity contribution in [2.24, 2.45) is 5.10 Å². The van der Waals surface area contributed by atoms with Crippen molar-refractivity contribution in [2.45, 2.75) is 0 Å². The van der Waals surface area contributed by atoms with Gasteiger partial charge in [0.15, 0.2) is 0 Å². The number of nitrogens with one attached hydrogen (secondary N) is 2. The Balaban J connectivity index is 2.39. The fraction of sp³-hybridized carbons (Fsp3) is 0.300. The van der Waals surface area contributed by atoms with Crippen molar-refractivity contribution in [3.05, 3.63) is 30.1 Å². The van der Waals surface area contributed by atoms with Crippen molar-refractivity contribution < 1.29 is 13.2 Å². The summed E-state index contributed by atoms with van der Waals surface area (Å²) in [7, 11) is -0.886. The molecule has 1 aromatic heterocycles. The lowest BCUT2D eigenvalue weighted by Crippen LogP contribution is -2.41. The van der Waals surface area contributed by atoms with E-state index in [2.05, 4.69) is 20.2 Å². The number of nitrogens with zero attached hydrogens (tertiary/aromatic N) is 3. The quantitative estimate of drug-likeness (QED) is 0.513. The third-order valence-corrected chi connectivity index (χ3v) is 3.45. The molecule has 0 aliphatic heterocycles. The first kappa shape index (κ1) is 15.2. The zero-order valence-corrected chi connectivity index (χ0v) is 11.4. The Hall–Kier alpha value is -1.84.